The summed E-state index contributed by atoms with van der Waals surface area (Å²) in [6, 6.07) is 2.33. The maximum absolute atomic E-state index is 12.6. The minimum Gasteiger partial charge on any atom is -0.390 e. The fourth-order valence-electron chi connectivity index (χ4n) is 1.54. The smallest absolute Gasteiger partial charge is 0.390 e. The van der Waals surface area contributed by atoms with Crippen LogP contribution in [0.3, 0.4) is 0 Å². The van der Waals surface area contributed by atoms with Gasteiger partial charge in [-0.25, -0.2) is 0 Å². The van der Waals surface area contributed by atoms with Crippen molar-refractivity contribution in [3.63, 3.8) is 0 Å². The van der Waals surface area contributed by atoms with Crippen LogP contribution in [0.4, 0.5) is 18.9 Å². The average Bonchev–Trinajstić information content (AvgIpc) is 2.12. The van der Waals surface area contributed by atoms with Crippen molar-refractivity contribution in [3.05, 3.63) is 39.4 Å². The van der Waals surface area contributed by atoms with Crippen LogP contribution in [0.15, 0.2) is 18.2 Å². The highest BCUT2D eigenvalue weighted by atomic mass is 19.4. The number of nitro groups is 1. The van der Waals surface area contributed by atoms with Crippen molar-refractivity contribution in [1.82, 2.24) is 0 Å². The number of nitrogens with zero attached hydrogens (tertiary/aromatic N) is 1. The van der Waals surface area contributed by atoms with Crippen molar-refractivity contribution in [2.75, 3.05) is 0 Å². The average molecular weight is 263 g/mol. The Morgan fingerprint density at radius 3 is 2.22 bits per heavy atom. The summed E-state index contributed by atoms with van der Waals surface area (Å²) in [5, 5.41) is 20.1. The van der Waals surface area contributed by atoms with Crippen LogP contribution >= 0.6 is 0 Å². The molecular weight excluding hydrogens is 251 g/mol. The van der Waals surface area contributed by atoms with Crippen molar-refractivity contribution in [1.29, 1.82) is 0 Å². The molecule has 0 fully saturated rings. The number of benzene rings is 1. The Bertz CT molecular complexity index is 464. The van der Waals surface area contributed by atoms with Crippen molar-refractivity contribution >= 4 is 5.69 Å². The van der Waals surface area contributed by atoms with Gasteiger partial charge in [0.1, 0.15) is 0 Å². The van der Waals surface area contributed by atoms with Gasteiger partial charge in [0.05, 0.1) is 16.1 Å². The van der Waals surface area contributed by atoms with Gasteiger partial charge < -0.3 is 5.11 Å². The zero-order valence-electron chi connectivity index (χ0n) is 9.78. The third-order valence-electron chi connectivity index (χ3n) is 2.15. The van der Waals surface area contributed by atoms with E-state index in [0.29, 0.717) is 6.07 Å². The molecule has 1 aromatic rings. The van der Waals surface area contributed by atoms with E-state index in [2.05, 4.69) is 0 Å². The molecule has 0 unspecified atom stereocenters. The predicted molar refractivity (Wildman–Crippen MR) is 58.1 cm³/mol. The number of non-ortho nitro benzene ring substituents is 1. The highest BCUT2D eigenvalue weighted by Crippen LogP contribution is 2.33. The van der Waals surface area contributed by atoms with Crippen molar-refractivity contribution < 1.29 is 23.2 Å². The van der Waals surface area contributed by atoms with E-state index in [0.717, 1.165) is 12.1 Å². The Kier molecular flexibility index (Phi) is 3.66. The van der Waals surface area contributed by atoms with E-state index in [1.165, 1.54) is 13.8 Å². The highest BCUT2D eigenvalue weighted by molar-refractivity contribution is 5.41. The fraction of sp³-hybridized carbons (Fsp3) is 0.455. The van der Waals surface area contributed by atoms with Crippen LogP contribution in [0.2, 0.25) is 0 Å². The molecule has 1 rings (SSSR count). The van der Waals surface area contributed by atoms with Crippen molar-refractivity contribution in [2.24, 2.45) is 0 Å². The number of hydrogen-bond donors (Lipinski definition) is 1. The van der Waals surface area contributed by atoms with Crippen LogP contribution in [0.25, 0.3) is 0 Å². The highest BCUT2D eigenvalue weighted by Gasteiger charge is 2.33. The van der Waals surface area contributed by atoms with E-state index in [1.54, 1.807) is 0 Å². The summed E-state index contributed by atoms with van der Waals surface area (Å²) in [6.07, 6.45) is -4.75. The number of halogens is 3. The molecule has 0 amide bonds. The van der Waals surface area contributed by atoms with Gasteiger partial charge in [0.2, 0.25) is 0 Å². The summed E-state index contributed by atoms with van der Waals surface area (Å²) < 4.78 is 37.7. The Labute approximate surface area is 101 Å². The second kappa shape index (κ2) is 4.56. The molecule has 0 aliphatic rings. The molecule has 0 saturated carbocycles. The predicted octanol–water partition coefficient (Wildman–Crippen LogP) is 2.93. The summed E-state index contributed by atoms with van der Waals surface area (Å²) in [7, 11) is 0. The number of nitro benzene ring substituents is 1. The van der Waals surface area contributed by atoms with E-state index in [9.17, 15) is 28.4 Å². The van der Waals surface area contributed by atoms with Crippen molar-refractivity contribution in [2.45, 2.75) is 32.0 Å². The third-order valence-corrected chi connectivity index (χ3v) is 2.15. The second-order valence-electron chi connectivity index (χ2n) is 4.63. The lowest BCUT2D eigenvalue weighted by Gasteiger charge is -2.17. The molecule has 100 valence electrons. The van der Waals surface area contributed by atoms with E-state index in [-0.39, 0.29) is 12.0 Å². The Balaban J connectivity index is 3.27. The summed E-state index contributed by atoms with van der Waals surface area (Å²) in [4.78, 5) is 9.69. The fourth-order valence-corrected chi connectivity index (χ4v) is 1.54. The molecule has 0 spiro atoms. The third kappa shape index (κ3) is 3.99. The van der Waals surface area contributed by atoms with Crippen LogP contribution in [0, 0.1) is 10.1 Å². The molecule has 0 aromatic heterocycles. The number of rotatable bonds is 3. The van der Waals surface area contributed by atoms with Gasteiger partial charge in [0, 0.05) is 18.6 Å². The maximum Gasteiger partial charge on any atom is 0.416 e. The standard InChI is InChI=1S/C11H12F3NO3/c1-10(2,16)6-7-3-8(11(12,13)14)5-9(4-7)15(17)18/h3-5,16H,6H2,1-2H3. The first kappa shape index (κ1) is 14.4. The number of alkyl halides is 3. The zero-order valence-corrected chi connectivity index (χ0v) is 9.78. The van der Waals surface area contributed by atoms with Gasteiger partial charge in [-0.15, -0.1) is 0 Å². The van der Waals surface area contributed by atoms with Crippen LogP contribution in [-0.2, 0) is 12.6 Å². The van der Waals surface area contributed by atoms with Gasteiger partial charge >= 0.3 is 6.18 Å². The number of hydrogen-bond acceptors (Lipinski definition) is 3. The van der Waals surface area contributed by atoms with Gasteiger partial charge in [0.15, 0.2) is 0 Å². The van der Waals surface area contributed by atoms with Crippen LogP contribution < -0.4 is 0 Å². The molecular formula is C11H12F3NO3. The molecule has 4 nitrogen and oxygen atoms in total. The Morgan fingerprint density at radius 1 is 1.28 bits per heavy atom. The van der Waals surface area contributed by atoms with E-state index < -0.39 is 28.0 Å². The molecule has 0 saturated heterocycles. The Morgan fingerprint density at radius 2 is 1.83 bits per heavy atom. The van der Waals surface area contributed by atoms with Gasteiger partial charge in [-0.3, -0.25) is 10.1 Å². The molecule has 0 aliphatic heterocycles. The molecule has 0 bridgehead atoms. The minimum atomic E-state index is -4.65. The second-order valence-corrected chi connectivity index (χ2v) is 4.63. The summed E-state index contributed by atoms with van der Waals surface area (Å²) in [6.45, 7) is 2.83. The first-order chi connectivity index (χ1) is 7.99. The van der Waals surface area contributed by atoms with E-state index >= 15 is 0 Å². The first-order valence-electron chi connectivity index (χ1n) is 5.07. The van der Waals surface area contributed by atoms with Gasteiger partial charge in [-0.05, 0) is 25.5 Å². The number of aliphatic hydroxyl groups is 1. The summed E-state index contributed by atoms with van der Waals surface area (Å²) in [5.41, 5.74) is -2.89. The molecule has 0 radical (unpaired) electrons. The van der Waals surface area contributed by atoms with Gasteiger partial charge in [0.25, 0.3) is 5.69 Å². The van der Waals surface area contributed by atoms with Crippen LogP contribution in [-0.4, -0.2) is 15.6 Å². The zero-order chi connectivity index (χ0) is 14.1. The topological polar surface area (TPSA) is 63.4 Å². The lowest BCUT2D eigenvalue weighted by atomic mass is 9.96. The van der Waals surface area contributed by atoms with E-state index in [4.69, 9.17) is 0 Å². The molecule has 1 N–H and O–H groups in total. The lowest BCUT2D eigenvalue weighted by Crippen LogP contribution is -2.22. The minimum absolute atomic E-state index is 0.0732. The lowest BCUT2D eigenvalue weighted by molar-refractivity contribution is -0.385. The quantitative estimate of drug-likeness (QED) is 0.673. The van der Waals surface area contributed by atoms with E-state index in [1.807, 2.05) is 0 Å². The SMILES string of the molecule is CC(C)(O)Cc1cc([N+](=O)[O-])cc(C(F)(F)F)c1. The molecule has 0 aliphatic carbocycles. The monoisotopic (exact) mass is 263 g/mol. The summed E-state index contributed by atoms with van der Waals surface area (Å²) >= 11 is 0. The largest absolute Gasteiger partial charge is 0.416 e. The first-order valence-corrected chi connectivity index (χ1v) is 5.07. The molecule has 1 aromatic carbocycles. The summed E-state index contributed by atoms with van der Waals surface area (Å²) in [5.74, 6) is 0. The molecule has 0 atom stereocenters. The van der Waals surface area contributed by atoms with Crippen LogP contribution in [0.1, 0.15) is 25.0 Å². The van der Waals surface area contributed by atoms with Crippen LogP contribution in [0.5, 0.6) is 0 Å². The molecule has 0 heterocycles. The van der Waals surface area contributed by atoms with Gasteiger partial charge in [-0.2, -0.15) is 13.2 Å². The maximum atomic E-state index is 12.6. The normalized spacial score (nSPS) is 12.6. The molecule has 7 heteroatoms. The van der Waals surface area contributed by atoms with Gasteiger partial charge in [-0.1, -0.05) is 0 Å². The Hall–Kier alpha value is -1.63. The van der Waals surface area contributed by atoms with Crippen molar-refractivity contribution in [3.8, 4) is 0 Å². The molecule has 18 heavy (non-hydrogen) atoms.